The highest BCUT2D eigenvalue weighted by Gasteiger charge is 2.29. The summed E-state index contributed by atoms with van der Waals surface area (Å²) in [6, 6.07) is 0. The van der Waals surface area contributed by atoms with Crippen LogP contribution in [-0.2, 0) is 9.53 Å². The molecule has 0 amide bonds. The van der Waals surface area contributed by atoms with Crippen LogP contribution in [0.15, 0.2) is 12.2 Å². The third-order valence-corrected chi connectivity index (χ3v) is 4.96. The van der Waals surface area contributed by atoms with E-state index in [-0.39, 0.29) is 19.8 Å². The molecule has 194 valence electrons. The number of hydrogen-bond acceptors (Lipinski definition) is 12. The Morgan fingerprint density at radius 2 is 0.875 bits per heavy atom. The first kappa shape index (κ1) is 35.4. The molecular formula is C20H42O12. The van der Waals surface area contributed by atoms with Gasteiger partial charge in [-0.15, -0.1) is 0 Å². The molecule has 0 aliphatic carbocycles. The van der Waals surface area contributed by atoms with E-state index in [9.17, 15) is 4.79 Å². The molecule has 12 nitrogen and oxygen atoms in total. The first-order chi connectivity index (χ1) is 15.0. The van der Waals surface area contributed by atoms with E-state index in [1.165, 1.54) is 0 Å². The molecule has 10 N–H and O–H groups in total. The minimum absolute atomic E-state index is 0.0161. The van der Waals surface area contributed by atoms with E-state index >= 15 is 0 Å². The van der Waals surface area contributed by atoms with Crippen LogP contribution in [0.3, 0.4) is 0 Å². The third-order valence-electron chi connectivity index (χ3n) is 4.96. The van der Waals surface area contributed by atoms with Crippen LogP contribution in [0, 0.1) is 16.2 Å². The Morgan fingerprint density at radius 1 is 0.625 bits per heavy atom. The van der Waals surface area contributed by atoms with Crippen molar-refractivity contribution in [1.29, 1.82) is 0 Å². The number of esters is 1. The SMILES string of the molecule is C=C(C)C(=O)OCC(CC)(CO)CO.OCC(CO)(CO)CO.OCC(CO)(CO)CO. The van der Waals surface area contributed by atoms with Gasteiger partial charge in [0.2, 0.25) is 0 Å². The molecule has 0 saturated carbocycles. The monoisotopic (exact) mass is 474 g/mol. The molecule has 32 heavy (non-hydrogen) atoms. The van der Waals surface area contributed by atoms with Crippen molar-refractivity contribution in [2.45, 2.75) is 20.3 Å². The van der Waals surface area contributed by atoms with E-state index in [0.717, 1.165) is 0 Å². The quantitative estimate of drug-likeness (QED) is 0.0868. The van der Waals surface area contributed by atoms with Crippen molar-refractivity contribution in [3.63, 3.8) is 0 Å². The second-order valence-corrected chi connectivity index (χ2v) is 7.79. The van der Waals surface area contributed by atoms with Crippen LogP contribution < -0.4 is 0 Å². The molecule has 0 radical (unpaired) electrons. The molecule has 0 unspecified atom stereocenters. The van der Waals surface area contributed by atoms with Crippen LogP contribution in [-0.4, -0.2) is 130 Å². The maximum atomic E-state index is 11.1. The predicted octanol–water partition coefficient (Wildman–Crippen LogP) is -3.63. The highest BCUT2D eigenvalue weighted by molar-refractivity contribution is 5.86. The Kier molecular flexibility index (Phi) is 21.3. The number of aliphatic hydroxyl groups excluding tert-OH is 10. The van der Waals surface area contributed by atoms with E-state index < -0.39 is 75.1 Å². The minimum atomic E-state index is -1.11. The Balaban J connectivity index is -0.000000411. The Labute approximate surface area is 188 Å². The van der Waals surface area contributed by atoms with Gasteiger partial charge in [0.05, 0.1) is 82.3 Å². The molecule has 12 heteroatoms. The van der Waals surface area contributed by atoms with E-state index in [1.807, 2.05) is 6.92 Å². The van der Waals surface area contributed by atoms with Crippen LogP contribution in [0.25, 0.3) is 0 Å². The minimum Gasteiger partial charge on any atom is -0.462 e. The number of rotatable bonds is 14. The lowest BCUT2D eigenvalue weighted by atomic mass is 9.88. The van der Waals surface area contributed by atoms with Gasteiger partial charge in [0.1, 0.15) is 6.61 Å². The van der Waals surface area contributed by atoms with Crippen molar-refractivity contribution < 1.29 is 60.6 Å². The Bertz CT molecular complexity index is 408. The Morgan fingerprint density at radius 3 is 1.00 bits per heavy atom. The summed E-state index contributed by atoms with van der Waals surface area (Å²) in [6.45, 7) is 3.16. The second-order valence-electron chi connectivity index (χ2n) is 7.79. The van der Waals surface area contributed by atoms with Crippen molar-refractivity contribution in [3.05, 3.63) is 12.2 Å². The van der Waals surface area contributed by atoms with Gasteiger partial charge in [0, 0.05) is 5.57 Å². The van der Waals surface area contributed by atoms with Gasteiger partial charge in [-0.2, -0.15) is 0 Å². The summed E-state index contributed by atoms with van der Waals surface area (Å²) in [5.41, 5.74) is -2.64. The topological polar surface area (TPSA) is 229 Å². The maximum absolute atomic E-state index is 11.1. The number of aliphatic hydroxyl groups is 10. The largest absolute Gasteiger partial charge is 0.462 e. The highest BCUT2D eigenvalue weighted by Crippen LogP contribution is 2.21. The standard InChI is InChI=1S/C10H18O4.2C5H12O4/c1-4-10(5-11,6-12)7-14-9(13)8(2)3;2*6-1-5(2-7,3-8)4-9/h11-12H,2,4-7H2,1,3H3;2*6-9H,1-4H2. The van der Waals surface area contributed by atoms with E-state index in [1.54, 1.807) is 6.92 Å². The van der Waals surface area contributed by atoms with E-state index in [4.69, 9.17) is 55.8 Å². The van der Waals surface area contributed by atoms with Crippen LogP contribution in [0.1, 0.15) is 20.3 Å². The van der Waals surface area contributed by atoms with Crippen molar-refractivity contribution in [2.75, 3.05) is 72.7 Å². The van der Waals surface area contributed by atoms with Crippen molar-refractivity contribution in [1.82, 2.24) is 0 Å². The summed E-state index contributed by atoms with van der Waals surface area (Å²) >= 11 is 0. The van der Waals surface area contributed by atoms with Crippen LogP contribution in [0.4, 0.5) is 0 Å². The summed E-state index contributed by atoms with van der Waals surface area (Å²) < 4.78 is 4.88. The molecule has 0 aliphatic rings. The van der Waals surface area contributed by atoms with Gasteiger partial charge in [-0.25, -0.2) is 4.79 Å². The summed E-state index contributed by atoms with van der Waals surface area (Å²) in [5, 5.41) is 86.1. The van der Waals surface area contributed by atoms with Crippen LogP contribution in [0.2, 0.25) is 0 Å². The molecule has 0 rings (SSSR count). The van der Waals surface area contributed by atoms with Crippen LogP contribution in [0.5, 0.6) is 0 Å². The molecule has 0 atom stereocenters. The lowest BCUT2D eigenvalue weighted by molar-refractivity contribution is -0.145. The summed E-state index contributed by atoms with van der Waals surface area (Å²) in [7, 11) is 0. The molecule has 0 aliphatic heterocycles. The lowest BCUT2D eigenvalue weighted by Gasteiger charge is -2.27. The molecule has 0 aromatic rings. The van der Waals surface area contributed by atoms with Gasteiger partial charge in [-0.3, -0.25) is 0 Å². The molecule has 0 aromatic carbocycles. The number of carbonyl (C=O) groups is 1. The number of carbonyl (C=O) groups excluding carboxylic acids is 1. The van der Waals surface area contributed by atoms with Gasteiger partial charge in [-0.05, 0) is 13.3 Å². The van der Waals surface area contributed by atoms with Crippen molar-refractivity contribution in [3.8, 4) is 0 Å². The van der Waals surface area contributed by atoms with E-state index in [2.05, 4.69) is 6.58 Å². The van der Waals surface area contributed by atoms with Gasteiger partial charge in [-0.1, -0.05) is 13.5 Å². The fourth-order valence-electron chi connectivity index (χ4n) is 1.41. The number of hydrogen-bond donors (Lipinski definition) is 10. The average Bonchev–Trinajstić information content (AvgIpc) is 2.84. The average molecular weight is 475 g/mol. The molecule has 0 heterocycles. The Hall–Kier alpha value is -1.19. The summed E-state index contributed by atoms with van der Waals surface area (Å²) in [4.78, 5) is 11.1. The molecule has 0 aromatic heterocycles. The molecule has 0 spiro atoms. The normalized spacial score (nSPS) is 11.6. The fraction of sp³-hybridized carbons (Fsp3) is 0.850. The first-order valence-electron chi connectivity index (χ1n) is 9.91. The zero-order chi connectivity index (χ0) is 25.8. The molecule has 0 saturated heterocycles. The van der Waals surface area contributed by atoms with Gasteiger partial charge in [0.15, 0.2) is 0 Å². The molecular weight excluding hydrogens is 432 g/mol. The maximum Gasteiger partial charge on any atom is 0.333 e. The van der Waals surface area contributed by atoms with Gasteiger partial charge < -0.3 is 55.8 Å². The van der Waals surface area contributed by atoms with Crippen LogP contribution >= 0.6 is 0 Å². The molecule has 0 fully saturated rings. The first-order valence-corrected chi connectivity index (χ1v) is 9.91. The smallest absolute Gasteiger partial charge is 0.333 e. The second kappa shape index (κ2) is 19.3. The lowest BCUT2D eigenvalue weighted by Crippen LogP contribution is -2.37. The van der Waals surface area contributed by atoms with Gasteiger partial charge >= 0.3 is 5.97 Å². The molecule has 0 bridgehead atoms. The summed E-state index contributed by atoms with van der Waals surface area (Å²) in [6.07, 6.45) is 0.545. The van der Waals surface area contributed by atoms with Crippen molar-refractivity contribution >= 4 is 5.97 Å². The fourth-order valence-corrected chi connectivity index (χ4v) is 1.41. The van der Waals surface area contributed by atoms with E-state index in [0.29, 0.717) is 12.0 Å². The van der Waals surface area contributed by atoms with Gasteiger partial charge in [0.25, 0.3) is 0 Å². The zero-order valence-corrected chi connectivity index (χ0v) is 19.0. The highest BCUT2D eigenvalue weighted by atomic mass is 16.5. The van der Waals surface area contributed by atoms with Crippen molar-refractivity contribution in [2.24, 2.45) is 16.2 Å². The third kappa shape index (κ3) is 12.7. The predicted molar refractivity (Wildman–Crippen MR) is 114 cm³/mol. The number of ether oxygens (including phenoxy) is 1. The zero-order valence-electron chi connectivity index (χ0n) is 19.0. The summed E-state index contributed by atoms with van der Waals surface area (Å²) in [5.74, 6) is -0.496.